The smallest absolute Gasteiger partial charge is 0.119 e. The lowest BCUT2D eigenvalue weighted by Crippen LogP contribution is -2.19. The summed E-state index contributed by atoms with van der Waals surface area (Å²) in [4.78, 5) is 1.15. The molecule has 3 rings (SSSR count). The van der Waals surface area contributed by atoms with Gasteiger partial charge in [-0.2, -0.15) is 0 Å². The molecular weight excluding hydrogens is 328 g/mol. The van der Waals surface area contributed by atoms with Gasteiger partial charge in [0, 0.05) is 21.6 Å². The first-order chi connectivity index (χ1) is 11.3. The predicted molar refractivity (Wildman–Crippen MR) is 94.0 cm³/mol. The van der Waals surface area contributed by atoms with Crippen LogP contribution >= 0.6 is 23.3 Å². The highest BCUT2D eigenvalue weighted by molar-refractivity contribution is 7.99. The number of benzene rings is 2. The van der Waals surface area contributed by atoms with Gasteiger partial charge in [0.15, 0.2) is 0 Å². The minimum absolute atomic E-state index is 0.275. The van der Waals surface area contributed by atoms with E-state index in [9.17, 15) is 5.11 Å². The van der Waals surface area contributed by atoms with Crippen LogP contribution in [0, 0.1) is 0 Å². The number of hydrogen-bond acceptors (Lipinski definition) is 6. The van der Waals surface area contributed by atoms with Crippen molar-refractivity contribution < 1.29 is 9.84 Å². The van der Waals surface area contributed by atoms with Crippen molar-refractivity contribution in [3.05, 3.63) is 60.0 Å². The molecule has 0 aliphatic carbocycles. The van der Waals surface area contributed by atoms with Crippen LogP contribution < -0.4 is 4.74 Å². The van der Waals surface area contributed by atoms with E-state index in [-0.39, 0.29) is 6.61 Å². The molecule has 1 heterocycles. The Hall–Kier alpha value is -1.89. The van der Waals surface area contributed by atoms with Crippen molar-refractivity contribution in [1.29, 1.82) is 0 Å². The summed E-state index contributed by atoms with van der Waals surface area (Å²) in [6.07, 6.45) is -0.511. The Balaban J connectivity index is 1.46. The van der Waals surface area contributed by atoms with E-state index in [4.69, 9.17) is 4.74 Å². The quantitative estimate of drug-likeness (QED) is 0.662. The maximum atomic E-state index is 10.0. The standard InChI is InChI=1S/C17H16N2O2S2/c20-14(11-22-16-4-2-1-3-5-16)10-21-15-8-6-13(7-9-15)17-12-23-19-18-17/h1-9,12,14,20H,10-11H2. The molecule has 0 saturated heterocycles. The Kier molecular flexibility index (Phi) is 5.63. The molecule has 1 atom stereocenters. The molecule has 0 aliphatic rings. The lowest BCUT2D eigenvalue weighted by Gasteiger charge is -2.12. The molecule has 2 aromatic carbocycles. The van der Waals surface area contributed by atoms with Crippen LogP contribution in [0.3, 0.4) is 0 Å². The molecule has 0 amide bonds. The van der Waals surface area contributed by atoms with Crippen LogP contribution in [0.1, 0.15) is 0 Å². The lowest BCUT2D eigenvalue weighted by atomic mass is 10.2. The summed E-state index contributed by atoms with van der Waals surface area (Å²) in [7, 11) is 0. The largest absolute Gasteiger partial charge is 0.491 e. The van der Waals surface area contributed by atoms with Crippen LogP contribution in [0.25, 0.3) is 11.3 Å². The Morgan fingerprint density at radius 2 is 1.87 bits per heavy atom. The summed E-state index contributed by atoms with van der Waals surface area (Å²) in [6.45, 7) is 0.275. The highest BCUT2D eigenvalue weighted by Gasteiger charge is 2.07. The van der Waals surface area contributed by atoms with Crippen molar-refractivity contribution in [3.63, 3.8) is 0 Å². The van der Waals surface area contributed by atoms with E-state index in [0.717, 1.165) is 21.9 Å². The summed E-state index contributed by atoms with van der Waals surface area (Å²) in [5.41, 5.74) is 1.87. The molecule has 0 bridgehead atoms. The first kappa shape index (κ1) is 16.0. The molecular formula is C17H16N2O2S2. The third kappa shape index (κ3) is 4.79. The van der Waals surface area contributed by atoms with Crippen LogP contribution in [-0.4, -0.2) is 33.2 Å². The zero-order chi connectivity index (χ0) is 15.9. The van der Waals surface area contributed by atoms with Crippen LogP contribution in [0.5, 0.6) is 5.75 Å². The van der Waals surface area contributed by atoms with Crippen molar-refractivity contribution in [2.75, 3.05) is 12.4 Å². The number of aliphatic hydroxyl groups excluding tert-OH is 1. The van der Waals surface area contributed by atoms with Gasteiger partial charge in [0.2, 0.25) is 0 Å². The zero-order valence-electron chi connectivity index (χ0n) is 12.3. The highest BCUT2D eigenvalue weighted by atomic mass is 32.2. The van der Waals surface area contributed by atoms with E-state index >= 15 is 0 Å². The highest BCUT2D eigenvalue weighted by Crippen LogP contribution is 2.22. The number of nitrogens with zero attached hydrogens (tertiary/aromatic N) is 2. The minimum Gasteiger partial charge on any atom is -0.491 e. The first-order valence-electron chi connectivity index (χ1n) is 7.17. The maximum absolute atomic E-state index is 10.0. The van der Waals surface area contributed by atoms with Gasteiger partial charge in [-0.3, -0.25) is 0 Å². The Morgan fingerprint density at radius 3 is 2.57 bits per heavy atom. The predicted octanol–water partition coefficient (Wildman–Crippen LogP) is 3.74. The third-order valence-electron chi connectivity index (χ3n) is 3.14. The van der Waals surface area contributed by atoms with Crippen molar-refractivity contribution in [3.8, 4) is 17.0 Å². The molecule has 3 aromatic rings. The first-order valence-corrected chi connectivity index (χ1v) is 9.00. The van der Waals surface area contributed by atoms with Gasteiger partial charge in [-0.1, -0.05) is 22.7 Å². The number of ether oxygens (including phenoxy) is 1. The molecule has 4 nitrogen and oxygen atoms in total. The second-order valence-corrected chi connectivity index (χ2v) is 6.61. The zero-order valence-corrected chi connectivity index (χ0v) is 14.0. The number of hydrogen-bond donors (Lipinski definition) is 1. The van der Waals surface area contributed by atoms with Crippen LogP contribution in [-0.2, 0) is 0 Å². The van der Waals surface area contributed by atoms with Gasteiger partial charge >= 0.3 is 0 Å². The Bertz CT molecular complexity index is 703. The molecule has 0 fully saturated rings. The Labute approximate surface area is 143 Å². The van der Waals surface area contributed by atoms with Gasteiger partial charge in [-0.05, 0) is 47.9 Å². The van der Waals surface area contributed by atoms with Gasteiger partial charge in [0.05, 0.1) is 6.10 Å². The van der Waals surface area contributed by atoms with Crippen LogP contribution in [0.15, 0.2) is 64.9 Å². The SMILES string of the molecule is OC(COc1ccc(-c2csnn2)cc1)CSc1ccccc1. The monoisotopic (exact) mass is 344 g/mol. The summed E-state index contributed by atoms with van der Waals surface area (Å²) in [6, 6.07) is 17.7. The topological polar surface area (TPSA) is 55.2 Å². The van der Waals surface area contributed by atoms with Gasteiger partial charge < -0.3 is 9.84 Å². The lowest BCUT2D eigenvalue weighted by molar-refractivity contribution is 0.126. The van der Waals surface area contributed by atoms with Crippen molar-refractivity contribution in [2.24, 2.45) is 0 Å². The van der Waals surface area contributed by atoms with E-state index in [1.54, 1.807) is 11.8 Å². The molecule has 1 aromatic heterocycles. The van der Waals surface area contributed by atoms with E-state index < -0.39 is 6.10 Å². The molecule has 0 radical (unpaired) electrons. The maximum Gasteiger partial charge on any atom is 0.119 e. The number of thioether (sulfide) groups is 1. The molecule has 1 unspecified atom stereocenters. The van der Waals surface area contributed by atoms with E-state index in [2.05, 4.69) is 9.59 Å². The molecule has 0 spiro atoms. The number of aliphatic hydroxyl groups is 1. The van der Waals surface area contributed by atoms with Gasteiger partial charge in [0.1, 0.15) is 18.1 Å². The average molecular weight is 344 g/mol. The fourth-order valence-corrected chi connectivity index (χ4v) is 3.26. The van der Waals surface area contributed by atoms with E-state index in [0.29, 0.717) is 5.75 Å². The summed E-state index contributed by atoms with van der Waals surface area (Å²) < 4.78 is 9.48. The van der Waals surface area contributed by atoms with Crippen molar-refractivity contribution >= 4 is 23.3 Å². The van der Waals surface area contributed by atoms with Crippen molar-refractivity contribution in [1.82, 2.24) is 9.59 Å². The normalized spacial score (nSPS) is 12.0. The van der Waals surface area contributed by atoms with Gasteiger partial charge in [-0.15, -0.1) is 16.9 Å². The minimum atomic E-state index is -0.511. The van der Waals surface area contributed by atoms with Gasteiger partial charge in [-0.25, -0.2) is 0 Å². The van der Waals surface area contributed by atoms with E-state index in [1.807, 2.05) is 60.0 Å². The molecule has 23 heavy (non-hydrogen) atoms. The Morgan fingerprint density at radius 1 is 1.09 bits per heavy atom. The second kappa shape index (κ2) is 8.10. The number of rotatable bonds is 7. The molecule has 0 aliphatic heterocycles. The summed E-state index contributed by atoms with van der Waals surface area (Å²) in [5, 5.41) is 15.9. The van der Waals surface area contributed by atoms with Crippen LogP contribution in [0.2, 0.25) is 0 Å². The summed E-state index contributed by atoms with van der Waals surface area (Å²) >= 11 is 2.95. The second-order valence-electron chi connectivity index (χ2n) is 4.90. The average Bonchev–Trinajstić information content (AvgIpc) is 3.14. The fraction of sp³-hybridized carbons (Fsp3) is 0.176. The van der Waals surface area contributed by atoms with E-state index in [1.165, 1.54) is 11.5 Å². The number of aromatic nitrogens is 2. The van der Waals surface area contributed by atoms with Crippen molar-refractivity contribution in [2.45, 2.75) is 11.0 Å². The molecule has 0 saturated carbocycles. The van der Waals surface area contributed by atoms with Gasteiger partial charge in [0.25, 0.3) is 0 Å². The third-order valence-corrected chi connectivity index (χ3v) is 4.80. The fourth-order valence-electron chi connectivity index (χ4n) is 1.96. The molecule has 118 valence electrons. The summed E-state index contributed by atoms with van der Waals surface area (Å²) in [5.74, 6) is 1.34. The molecule has 1 N–H and O–H groups in total. The molecule has 6 heteroatoms. The van der Waals surface area contributed by atoms with Crippen LogP contribution in [0.4, 0.5) is 0 Å².